The van der Waals surface area contributed by atoms with Gasteiger partial charge in [-0.2, -0.15) is 0 Å². The lowest BCUT2D eigenvalue weighted by atomic mass is 10.1. The van der Waals surface area contributed by atoms with Gasteiger partial charge in [-0.25, -0.2) is 0 Å². The first-order valence-corrected chi connectivity index (χ1v) is 10.2. The first-order chi connectivity index (χ1) is 11.6. The lowest BCUT2D eigenvalue weighted by Gasteiger charge is -2.13. The van der Waals surface area contributed by atoms with E-state index in [2.05, 4.69) is 49.6 Å². The molecule has 0 aliphatic carbocycles. The van der Waals surface area contributed by atoms with E-state index in [-0.39, 0.29) is 0 Å². The van der Waals surface area contributed by atoms with E-state index >= 15 is 0 Å². The molecule has 1 aromatic rings. The minimum absolute atomic E-state index is 0.736. The highest BCUT2D eigenvalue weighted by molar-refractivity contribution is 7.80. The third-order valence-corrected chi connectivity index (χ3v) is 4.70. The first-order valence-electron chi connectivity index (χ1n) is 9.75. The molecule has 2 N–H and O–H groups in total. The maximum absolute atomic E-state index is 5.39. The van der Waals surface area contributed by atoms with Gasteiger partial charge in [0.05, 0.1) is 0 Å². The van der Waals surface area contributed by atoms with Crippen LogP contribution in [-0.2, 0) is 0 Å². The maximum Gasteiger partial charge on any atom is 0.170 e. The molecule has 0 heterocycles. The van der Waals surface area contributed by atoms with Crippen LogP contribution >= 0.6 is 12.2 Å². The molecule has 0 fully saturated rings. The zero-order valence-corrected chi connectivity index (χ0v) is 16.7. The van der Waals surface area contributed by atoms with Gasteiger partial charge in [-0.05, 0) is 49.7 Å². The average molecular weight is 349 g/mol. The van der Waals surface area contributed by atoms with Gasteiger partial charge in [0.2, 0.25) is 0 Å². The summed E-state index contributed by atoms with van der Waals surface area (Å²) in [5.41, 5.74) is 3.58. The van der Waals surface area contributed by atoms with Crippen molar-refractivity contribution in [3.63, 3.8) is 0 Å². The van der Waals surface area contributed by atoms with Crippen LogP contribution in [0, 0.1) is 13.8 Å². The summed E-state index contributed by atoms with van der Waals surface area (Å²) < 4.78 is 0. The Morgan fingerprint density at radius 3 is 2.08 bits per heavy atom. The van der Waals surface area contributed by atoms with Gasteiger partial charge in [0.15, 0.2) is 5.11 Å². The van der Waals surface area contributed by atoms with E-state index in [0.717, 1.165) is 17.3 Å². The van der Waals surface area contributed by atoms with Crippen molar-refractivity contribution in [2.75, 3.05) is 11.9 Å². The molecule has 0 amide bonds. The predicted molar refractivity (Wildman–Crippen MR) is 112 cm³/mol. The molecule has 3 heteroatoms. The Hall–Kier alpha value is -1.09. The molecule has 0 saturated heterocycles. The maximum atomic E-state index is 5.39. The quantitative estimate of drug-likeness (QED) is 0.332. The van der Waals surface area contributed by atoms with Crippen LogP contribution in [0.3, 0.4) is 0 Å². The van der Waals surface area contributed by atoms with Crippen molar-refractivity contribution in [3.8, 4) is 0 Å². The second-order valence-corrected chi connectivity index (χ2v) is 7.29. The van der Waals surface area contributed by atoms with Crippen molar-refractivity contribution in [1.82, 2.24) is 5.32 Å². The molecule has 0 unspecified atom stereocenters. The average Bonchev–Trinajstić information content (AvgIpc) is 2.56. The molecule has 0 aliphatic heterocycles. The van der Waals surface area contributed by atoms with Crippen LogP contribution in [0.4, 0.5) is 5.69 Å². The molecular weight excluding hydrogens is 312 g/mol. The van der Waals surface area contributed by atoms with E-state index in [9.17, 15) is 0 Å². The molecule has 136 valence electrons. The fraction of sp³-hybridized carbons (Fsp3) is 0.667. The molecule has 2 nitrogen and oxygen atoms in total. The molecule has 1 aromatic carbocycles. The fourth-order valence-electron chi connectivity index (χ4n) is 2.85. The van der Waals surface area contributed by atoms with Gasteiger partial charge in [-0.3, -0.25) is 0 Å². The van der Waals surface area contributed by atoms with Gasteiger partial charge in [0.1, 0.15) is 0 Å². The molecule has 0 aliphatic rings. The highest BCUT2D eigenvalue weighted by Gasteiger charge is 2.01. The summed E-state index contributed by atoms with van der Waals surface area (Å²) >= 11 is 5.39. The summed E-state index contributed by atoms with van der Waals surface area (Å²) in [6.07, 6.45) is 13.7. The van der Waals surface area contributed by atoms with Crippen LogP contribution < -0.4 is 10.6 Å². The van der Waals surface area contributed by atoms with Crippen molar-refractivity contribution < 1.29 is 0 Å². The van der Waals surface area contributed by atoms with Gasteiger partial charge < -0.3 is 10.6 Å². The van der Waals surface area contributed by atoms with Gasteiger partial charge in [0.25, 0.3) is 0 Å². The minimum Gasteiger partial charge on any atom is -0.362 e. The van der Waals surface area contributed by atoms with Crippen molar-refractivity contribution in [3.05, 3.63) is 29.3 Å². The second kappa shape index (κ2) is 13.2. The van der Waals surface area contributed by atoms with Gasteiger partial charge >= 0.3 is 0 Å². The van der Waals surface area contributed by atoms with E-state index in [4.69, 9.17) is 12.2 Å². The third kappa shape index (κ3) is 9.92. The van der Waals surface area contributed by atoms with E-state index in [0.29, 0.717) is 0 Å². The Kier molecular flexibility index (Phi) is 11.5. The first kappa shape index (κ1) is 21.0. The number of hydrogen-bond donors (Lipinski definition) is 2. The SMILES string of the molecule is CCCCCCCCCCCCNC(=S)Nc1cc(C)ccc1C. The Labute approximate surface area is 154 Å². The summed E-state index contributed by atoms with van der Waals surface area (Å²) in [6, 6.07) is 6.40. The molecule has 0 aromatic heterocycles. The number of thiocarbonyl (C=S) groups is 1. The number of aryl methyl sites for hydroxylation is 2. The standard InChI is InChI=1S/C21H36N2S/c1-4-5-6-7-8-9-10-11-12-13-16-22-21(24)23-20-17-18(2)14-15-19(20)3/h14-15,17H,4-13,16H2,1-3H3,(H2,22,23,24). The predicted octanol–water partition coefficient (Wildman–Crippen LogP) is 6.51. The summed E-state index contributed by atoms with van der Waals surface area (Å²) in [5, 5.41) is 7.37. The Balaban J connectivity index is 1.99. The van der Waals surface area contributed by atoms with Crippen LogP contribution in [0.5, 0.6) is 0 Å². The molecule has 0 bridgehead atoms. The van der Waals surface area contributed by atoms with E-state index in [1.54, 1.807) is 0 Å². The Morgan fingerprint density at radius 2 is 1.46 bits per heavy atom. The molecule has 0 saturated carbocycles. The minimum atomic E-state index is 0.736. The molecule has 0 atom stereocenters. The van der Waals surface area contributed by atoms with Gasteiger partial charge in [-0.15, -0.1) is 0 Å². The van der Waals surface area contributed by atoms with Crippen LogP contribution in [0.25, 0.3) is 0 Å². The van der Waals surface area contributed by atoms with Crippen LogP contribution in [0.15, 0.2) is 18.2 Å². The number of anilines is 1. The highest BCUT2D eigenvalue weighted by Crippen LogP contribution is 2.16. The van der Waals surface area contributed by atoms with Crippen molar-refractivity contribution in [1.29, 1.82) is 0 Å². The Morgan fingerprint density at radius 1 is 0.875 bits per heavy atom. The van der Waals surface area contributed by atoms with Gasteiger partial charge in [0, 0.05) is 12.2 Å². The van der Waals surface area contributed by atoms with E-state index < -0.39 is 0 Å². The number of hydrogen-bond acceptors (Lipinski definition) is 1. The largest absolute Gasteiger partial charge is 0.362 e. The molecule has 0 spiro atoms. The van der Waals surface area contributed by atoms with Crippen molar-refractivity contribution in [2.24, 2.45) is 0 Å². The lowest BCUT2D eigenvalue weighted by molar-refractivity contribution is 0.555. The summed E-state index contributed by atoms with van der Waals surface area (Å²) in [6.45, 7) is 7.45. The lowest BCUT2D eigenvalue weighted by Crippen LogP contribution is -2.29. The van der Waals surface area contributed by atoms with Crippen LogP contribution in [0.1, 0.15) is 82.3 Å². The highest BCUT2D eigenvalue weighted by atomic mass is 32.1. The topological polar surface area (TPSA) is 24.1 Å². The van der Waals surface area contributed by atoms with Gasteiger partial charge in [-0.1, -0.05) is 76.8 Å². The number of unbranched alkanes of at least 4 members (excludes halogenated alkanes) is 9. The van der Waals surface area contributed by atoms with E-state index in [1.165, 1.54) is 75.3 Å². The normalized spacial score (nSPS) is 10.6. The summed E-state index contributed by atoms with van der Waals surface area (Å²) in [7, 11) is 0. The van der Waals surface area contributed by atoms with E-state index in [1.807, 2.05) is 0 Å². The number of rotatable bonds is 12. The fourth-order valence-corrected chi connectivity index (χ4v) is 3.06. The second-order valence-electron chi connectivity index (χ2n) is 6.88. The molecule has 0 radical (unpaired) electrons. The van der Waals surface area contributed by atoms with Crippen molar-refractivity contribution in [2.45, 2.75) is 85.0 Å². The molecular formula is C21H36N2S. The summed E-state index contributed by atoms with van der Waals surface area (Å²) in [4.78, 5) is 0. The zero-order valence-electron chi connectivity index (χ0n) is 15.9. The van der Waals surface area contributed by atoms with Crippen LogP contribution in [-0.4, -0.2) is 11.7 Å². The monoisotopic (exact) mass is 348 g/mol. The van der Waals surface area contributed by atoms with Crippen molar-refractivity contribution >= 4 is 23.0 Å². The number of benzene rings is 1. The zero-order chi connectivity index (χ0) is 17.6. The molecule has 24 heavy (non-hydrogen) atoms. The Bertz CT molecular complexity index is 471. The smallest absolute Gasteiger partial charge is 0.170 e. The third-order valence-electron chi connectivity index (χ3n) is 4.46. The van der Waals surface area contributed by atoms with Crippen LogP contribution in [0.2, 0.25) is 0 Å². The summed E-state index contributed by atoms with van der Waals surface area (Å²) in [5.74, 6) is 0. The number of nitrogens with one attached hydrogen (secondary N) is 2. The molecule has 1 rings (SSSR count).